The highest BCUT2D eigenvalue weighted by molar-refractivity contribution is 5.83. The van der Waals surface area contributed by atoms with E-state index in [0.717, 1.165) is 12.8 Å². The molecule has 120 valence electrons. The predicted octanol–water partition coefficient (Wildman–Crippen LogP) is 1.66. The van der Waals surface area contributed by atoms with Gasteiger partial charge >= 0.3 is 0 Å². The van der Waals surface area contributed by atoms with Crippen LogP contribution in [0, 0.1) is 17.7 Å². The maximum atomic E-state index is 13.5. The van der Waals surface area contributed by atoms with Gasteiger partial charge in [-0.15, -0.1) is 0 Å². The van der Waals surface area contributed by atoms with Crippen molar-refractivity contribution in [2.24, 2.45) is 11.8 Å². The molecule has 3 rings (SSSR count). The number of fused-ring (bicyclic) bond motifs is 1. The van der Waals surface area contributed by atoms with Gasteiger partial charge in [0.2, 0.25) is 5.91 Å². The number of likely N-dealkylation sites (tertiary alicyclic amines) is 1. The summed E-state index contributed by atoms with van der Waals surface area (Å²) in [5, 5.41) is 9.71. The molecule has 1 saturated carbocycles. The summed E-state index contributed by atoms with van der Waals surface area (Å²) in [6.45, 7) is 1.42. The molecular weight excluding hydrogens is 283 g/mol. The van der Waals surface area contributed by atoms with Crippen LogP contribution in [0.15, 0.2) is 24.3 Å². The van der Waals surface area contributed by atoms with E-state index in [1.165, 1.54) is 12.1 Å². The number of aliphatic hydroxyl groups excluding tert-OH is 1. The van der Waals surface area contributed by atoms with Crippen molar-refractivity contribution in [3.63, 3.8) is 0 Å². The zero-order valence-corrected chi connectivity index (χ0v) is 13.1. The molecule has 4 nitrogen and oxygen atoms in total. The third-order valence-electron chi connectivity index (χ3n) is 4.95. The minimum atomic E-state index is -0.459. The Kier molecular flexibility index (Phi) is 4.19. The second-order valence-electron chi connectivity index (χ2n) is 6.81. The molecule has 1 amide bonds. The molecule has 0 bridgehead atoms. The average Bonchev–Trinajstić information content (AvgIpc) is 2.95. The second-order valence-corrected chi connectivity index (χ2v) is 6.81. The normalized spacial score (nSPS) is 29.0. The summed E-state index contributed by atoms with van der Waals surface area (Å²) >= 11 is 0. The van der Waals surface area contributed by atoms with Gasteiger partial charge < -0.3 is 10.0 Å². The van der Waals surface area contributed by atoms with Gasteiger partial charge in [-0.2, -0.15) is 0 Å². The second kappa shape index (κ2) is 5.97. The van der Waals surface area contributed by atoms with Crippen molar-refractivity contribution in [2.75, 3.05) is 27.2 Å². The molecule has 2 aliphatic rings. The number of amides is 1. The Hall–Kier alpha value is -1.46. The van der Waals surface area contributed by atoms with E-state index in [-0.39, 0.29) is 17.8 Å². The van der Waals surface area contributed by atoms with Gasteiger partial charge in [0.05, 0.1) is 6.10 Å². The molecule has 5 heteroatoms. The van der Waals surface area contributed by atoms with Crippen LogP contribution in [0.4, 0.5) is 4.39 Å². The van der Waals surface area contributed by atoms with Crippen LogP contribution in [0.3, 0.4) is 0 Å². The van der Waals surface area contributed by atoms with Crippen LogP contribution in [0.25, 0.3) is 0 Å². The topological polar surface area (TPSA) is 43.8 Å². The number of rotatable bonds is 3. The van der Waals surface area contributed by atoms with Crippen molar-refractivity contribution in [3.05, 3.63) is 35.6 Å². The summed E-state index contributed by atoms with van der Waals surface area (Å²) in [5.74, 6) is 0.529. The molecular formula is C17H23FN2O2. The van der Waals surface area contributed by atoms with Crippen LogP contribution in [-0.4, -0.2) is 54.1 Å². The van der Waals surface area contributed by atoms with Gasteiger partial charge in [0.25, 0.3) is 0 Å². The molecule has 1 aromatic carbocycles. The molecule has 1 saturated heterocycles. The van der Waals surface area contributed by atoms with Crippen molar-refractivity contribution >= 4 is 5.91 Å². The predicted molar refractivity (Wildman–Crippen MR) is 81.6 cm³/mol. The van der Waals surface area contributed by atoms with E-state index < -0.39 is 6.04 Å². The van der Waals surface area contributed by atoms with Gasteiger partial charge in [-0.3, -0.25) is 9.69 Å². The fourth-order valence-electron chi connectivity index (χ4n) is 3.96. The van der Waals surface area contributed by atoms with Crippen molar-refractivity contribution in [1.82, 2.24) is 9.80 Å². The van der Waals surface area contributed by atoms with Crippen molar-refractivity contribution < 1.29 is 14.3 Å². The lowest BCUT2D eigenvalue weighted by atomic mass is 10.0. The quantitative estimate of drug-likeness (QED) is 0.923. The maximum absolute atomic E-state index is 13.5. The molecule has 2 fully saturated rings. The Labute approximate surface area is 130 Å². The van der Waals surface area contributed by atoms with Crippen LogP contribution in [0.2, 0.25) is 0 Å². The van der Waals surface area contributed by atoms with E-state index in [1.807, 2.05) is 23.9 Å². The zero-order chi connectivity index (χ0) is 15.9. The summed E-state index contributed by atoms with van der Waals surface area (Å²) in [5.41, 5.74) is 0.687. The number of aliphatic hydroxyl groups is 1. The van der Waals surface area contributed by atoms with E-state index in [0.29, 0.717) is 30.5 Å². The highest BCUT2D eigenvalue weighted by Crippen LogP contribution is 2.39. The molecule has 2 unspecified atom stereocenters. The first kappa shape index (κ1) is 15.4. The molecule has 1 aliphatic carbocycles. The third-order valence-corrected chi connectivity index (χ3v) is 4.95. The number of carbonyl (C=O) groups is 1. The van der Waals surface area contributed by atoms with E-state index in [1.54, 1.807) is 12.1 Å². The number of benzene rings is 1. The van der Waals surface area contributed by atoms with Gasteiger partial charge in [-0.25, -0.2) is 4.39 Å². The Morgan fingerprint density at radius 3 is 2.50 bits per heavy atom. The van der Waals surface area contributed by atoms with E-state index >= 15 is 0 Å². The molecule has 4 atom stereocenters. The molecule has 0 aromatic heterocycles. The minimum absolute atomic E-state index is 0.0273. The van der Waals surface area contributed by atoms with Gasteiger partial charge in [-0.1, -0.05) is 12.1 Å². The third kappa shape index (κ3) is 2.88. The number of hydrogen-bond donors (Lipinski definition) is 1. The minimum Gasteiger partial charge on any atom is -0.393 e. The highest BCUT2D eigenvalue weighted by Gasteiger charge is 2.43. The van der Waals surface area contributed by atoms with Crippen molar-refractivity contribution in [3.8, 4) is 0 Å². The number of nitrogens with zero attached hydrogens (tertiary/aromatic N) is 2. The molecule has 1 heterocycles. The van der Waals surface area contributed by atoms with Gasteiger partial charge in [0.1, 0.15) is 11.9 Å². The molecule has 22 heavy (non-hydrogen) atoms. The Bertz CT molecular complexity index is 549. The maximum Gasteiger partial charge on any atom is 0.244 e. The van der Waals surface area contributed by atoms with Gasteiger partial charge in [0, 0.05) is 13.1 Å². The van der Waals surface area contributed by atoms with Gasteiger partial charge in [0.15, 0.2) is 0 Å². The van der Waals surface area contributed by atoms with Crippen LogP contribution in [-0.2, 0) is 4.79 Å². The first-order valence-electron chi connectivity index (χ1n) is 7.84. The fourth-order valence-corrected chi connectivity index (χ4v) is 3.96. The largest absolute Gasteiger partial charge is 0.393 e. The lowest BCUT2D eigenvalue weighted by molar-refractivity contribution is -0.135. The lowest BCUT2D eigenvalue weighted by Gasteiger charge is -2.29. The van der Waals surface area contributed by atoms with E-state index in [4.69, 9.17) is 0 Å². The lowest BCUT2D eigenvalue weighted by Crippen LogP contribution is -2.40. The first-order chi connectivity index (χ1) is 10.5. The summed E-state index contributed by atoms with van der Waals surface area (Å²) in [4.78, 5) is 16.6. The molecule has 1 aliphatic heterocycles. The molecule has 0 spiro atoms. The Morgan fingerprint density at radius 1 is 1.32 bits per heavy atom. The fraction of sp³-hybridized carbons (Fsp3) is 0.588. The summed E-state index contributed by atoms with van der Waals surface area (Å²) in [7, 11) is 3.68. The number of hydrogen-bond acceptors (Lipinski definition) is 3. The monoisotopic (exact) mass is 306 g/mol. The van der Waals surface area contributed by atoms with Crippen LogP contribution in [0.1, 0.15) is 24.4 Å². The zero-order valence-electron chi connectivity index (χ0n) is 13.1. The summed E-state index contributed by atoms with van der Waals surface area (Å²) < 4.78 is 13.5. The standard InChI is InChI=1S/C17H23FN2O2/c1-19(2)16(11-4-3-5-14(18)6-11)17(22)20-9-12-7-15(21)8-13(12)10-20/h3-6,12-13,15-16,21H,7-10H2,1-2H3/t12-,13+,15?,16?. The van der Waals surface area contributed by atoms with E-state index in [9.17, 15) is 14.3 Å². The molecule has 1 aromatic rings. The van der Waals surface area contributed by atoms with Crippen molar-refractivity contribution in [2.45, 2.75) is 25.0 Å². The molecule has 0 radical (unpaired) electrons. The van der Waals surface area contributed by atoms with Crippen LogP contribution < -0.4 is 0 Å². The highest BCUT2D eigenvalue weighted by atomic mass is 19.1. The summed E-state index contributed by atoms with van der Waals surface area (Å²) in [6.07, 6.45) is 1.38. The van der Waals surface area contributed by atoms with E-state index in [2.05, 4.69) is 0 Å². The average molecular weight is 306 g/mol. The number of halogens is 1. The molecule has 1 N–H and O–H groups in total. The Balaban J connectivity index is 1.77. The SMILES string of the molecule is CN(C)C(C(=O)N1C[C@H]2CC(O)C[C@H]2C1)c1cccc(F)c1. The number of carbonyl (C=O) groups excluding carboxylic acids is 1. The van der Waals surface area contributed by atoms with Crippen LogP contribution in [0.5, 0.6) is 0 Å². The summed E-state index contributed by atoms with van der Waals surface area (Å²) in [6, 6.07) is 5.81. The smallest absolute Gasteiger partial charge is 0.244 e. The van der Waals surface area contributed by atoms with Crippen LogP contribution >= 0.6 is 0 Å². The van der Waals surface area contributed by atoms with Gasteiger partial charge in [-0.05, 0) is 56.5 Å². The number of likely N-dealkylation sites (N-methyl/N-ethyl adjacent to an activating group) is 1. The Morgan fingerprint density at radius 2 is 1.95 bits per heavy atom. The first-order valence-corrected chi connectivity index (χ1v) is 7.84. The van der Waals surface area contributed by atoms with Crippen molar-refractivity contribution in [1.29, 1.82) is 0 Å².